The van der Waals surface area contributed by atoms with Crippen molar-refractivity contribution in [2.75, 3.05) is 14.2 Å². The van der Waals surface area contributed by atoms with Crippen molar-refractivity contribution in [2.45, 2.75) is 11.7 Å². The van der Waals surface area contributed by atoms with Crippen LogP contribution in [0.15, 0.2) is 52.7 Å². The molecule has 2 aromatic carbocycles. The molecule has 8 nitrogen and oxygen atoms in total. The molecule has 0 radical (unpaired) electrons. The van der Waals surface area contributed by atoms with E-state index < -0.39 is 11.2 Å². The van der Waals surface area contributed by atoms with Crippen molar-refractivity contribution < 1.29 is 24.2 Å². The highest BCUT2D eigenvalue weighted by molar-refractivity contribution is 8.15. The smallest absolute Gasteiger partial charge is 0.305 e. The van der Waals surface area contributed by atoms with E-state index in [4.69, 9.17) is 14.6 Å². The van der Waals surface area contributed by atoms with Crippen LogP contribution in [-0.4, -0.2) is 47.8 Å². The highest BCUT2D eigenvalue weighted by atomic mass is 32.2. The van der Waals surface area contributed by atoms with Crippen LogP contribution in [0.3, 0.4) is 0 Å². The molecule has 0 spiro atoms. The molecule has 2 aromatic rings. The van der Waals surface area contributed by atoms with E-state index in [2.05, 4.69) is 15.5 Å². The molecule has 1 aliphatic rings. The predicted molar refractivity (Wildman–Crippen MR) is 112 cm³/mol. The zero-order chi connectivity index (χ0) is 20.8. The third-order valence-electron chi connectivity index (χ3n) is 4.10. The van der Waals surface area contributed by atoms with Gasteiger partial charge in [-0.15, -0.1) is 5.10 Å². The van der Waals surface area contributed by atoms with Crippen LogP contribution in [0.4, 0.5) is 0 Å². The van der Waals surface area contributed by atoms with E-state index in [0.717, 1.165) is 28.5 Å². The number of methoxy groups -OCH3 is 2. The maximum absolute atomic E-state index is 11.7. The van der Waals surface area contributed by atoms with Crippen molar-refractivity contribution in [1.29, 1.82) is 0 Å². The van der Waals surface area contributed by atoms with Gasteiger partial charge in [-0.05, 0) is 34.9 Å². The van der Waals surface area contributed by atoms with Crippen LogP contribution in [0, 0.1) is 0 Å². The summed E-state index contributed by atoms with van der Waals surface area (Å²) in [7, 11) is 3.18. The third-order valence-corrected chi connectivity index (χ3v) is 5.17. The number of hydrogen-bond donors (Lipinski definition) is 2. The molecule has 2 N–H and O–H groups in total. The molecule has 1 atom stereocenters. The molecular weight excluding hydrogens is 394 g/mol. The summed E-state index contributed by atoms with van der Waals surface area (Å²) in [6, 6.07) is 13.4. The highest BCUT2D eigenvalue weighted by Gasteiger charge is 2.32. The zero-order valence-electron chi connectivity index (χ0n) is 15.8. The summed E-state index contributed by atoms with van der Waals surface area (Å²) in [6.07, 6.45) is 1.31. The summed E-state index contributed by atoms with van der Waals surface area (Å²) < 4.78 is 10.6. The number of rotatable bonds is 7. The Hall–Kier alpha value is -3.33. The second-order valence-corrected chi connectivity index (χ2v) is 7.23. The Kier molecular flexibility index (Phi) is 6.50. The Morgan fingerprint density at radius 1 is 1.17 bits per heavy atom. The molecule has 1 heterocycles. The topological polar surface area (TPSA) is 110 Å². The van der Waals surface area contributed by atoms with Gasteiger partial charge in [-0.3, -0.25) is 9.59 Å². The van der Waals surface area contributed by atoms with Crippen LogP contribution in [0.5, 0.6) is 11.5 Å². The quantitative estimate of drug-likeness (QED) is 0.534. The molecule has 3 rings (SSSR count). The Morgan fingerprint density at radius 2 is 1.93 bits per heavy atom. The number of amidine groups is 1. The number of ether oxygens (including phenoxy) is 2. The van der Waals surface area contributed by atoms with Crippen LogP contribution in [0.2, 0.25) is 0 Å². The number of benzene rings is 2. The van der Waals surface area contributed by atoms with Crippen molar-refractivity contribution in [3.05, 3.63) is 48.0 Å². The standard InChI is InChI=1S/C20H19N3O5S/c1-27-15-7-6-14(9-16(15)28-2)13-5-3-4-12(8-13)11-21-23-20-22-19(26)17(29-20)10-18(24)25/h3-9,11,17H,10H2,1-2H3,(H,24,25)(H,22,23,26). The number of nitrogens with one attached hydrogen (secondary N) is 1. The Balaban J connectivity index is 1.74. The number of carboxylic acid groups (broad SMARTS) is 1. The molecule has 1 amide bonds. The first-order valence-corrected chi connectivity index (χ1v) is 9.51. The number of carbonyl (C=O) groups is 2. The maximum Gasteiger partial charge on any atom is 0.305 e. The minimum Gasteiger partial charge on any atom is -0.493 e. The number of nitrogens with zero attached hydrogens (tertiary/aromatic N) is 2. The summed E-state index contributed by atoms with van der Waals surface area (Å²) in [5.41, 5.74) is 2.74. The monoisotopic (exact) mass is 413 g/mol. The minimum atomic E-state index is -1.03. The van der Waals surface area contributed by atoms with Crippen LogP contribution in [-0.2, 0) is 9.59 Å². The number of aliphatic carboxylic acids is 1. The van der Waals surface area contributed by atoms with E-state index in [-0.39, 0.29) is 17.5 Å². The average molecular weight is 413 g/mol. The normalized spacial score (nSPS) is 17.5. The number of hydrogen-bond acceptors (Lipinski definition) is 7. The van der Waals surface area contributed by atoms with Crippen molar-refractivity contribution in [2.24, 2.45) is 10.2 Å². The van der Waals surface area contributed by atoms with E-state index >= 15 is 0 Å². The van der Waals surface area contributed by atoms with Crippen LogP contribution < -0.4 is 14.8 Å². The minimum absolute atomic E-state index is 0.257. The molecule has 1 saturated heterocycles. The lowest BCUT2D eigenvalue weighted by Crippen LogP contribution is -2.26. The third kappa shape index (κ3) is 5.14. The summed E-state index contributed by atoms with van der Waals surface area (Å²) in [5, 5.41) is 18.9. The van der Waals surface area contributed by atoms with Crippen molar-refractivity contribution in [1.82, 2.24) is 5.32 Å². The van der Waals surface area contributed by atoms with E-state index in [0.29, 0.717) is 11.5 Å². The van der Waals surface area contributed by atoms with Crippen molar-refractivity contribution in [3.63, 3.8) is 0 Å². The van der Waals surface area contributed by atoms with Gasteiger partial charge >= 0.3 is 5.97 Å². The summed E-state index contributed by atoms with van der Waals surface area (Å²) >= 11 is 1.06. The van der Waals surface area contributed by atoms with Gasteiger partial charge < -0.3 is 19.9 Å². The lowest BCUT2D eigenvalue weighted by molar-refractivity contribution is -0.138. The molecule has 0 saturated carbocycles. The Labute approximate surface area is 171 Å². The van der Waals surface area contributed by atoms with Gasteiger partial charge in [0.25, 0.3) is 0 Å². The summed E-state index contributed by atoms with van der Waals surface area (Å²) in [4.78, 5) is 22.5. The summed E-state index contributed by atoms with van der Waals surface area (Å²) in [5.74, 6) is -0.112. The van der Waals surface area contributed by atoms with E-state index in [1.807, 2.05) is 42.5 Å². The van der Waals surface area contributed by atoms with Crippen LogP contribution in [0.1, 0.15) is 12.0 Å². The molecule has 0 aliphatic carbocycles. The molecule has 0 bridgehead atoms. The highest BCUT2D eigenvalue weighted by Crippen LogP contribution is 2.32. The molecule has 150 valence electrons. The molecule has 1 unspecified atom stereocenters. The van der Waals surface area contributed by atoms with Crippen molar-refractivity contribution >= 4 is 35.0 Å². The number of carboxylic acids is 1. The Morgan fingerprint density at radius 3 is 2.66 bits per heavy atom. The van der Waals surface area contributed by atoms with E-state index in [9.17, 15) is 9.59 Å². The van der Waals surface area contributed by atoms with Gasteiger partial charge in [-0.2, -0.15) is 5.10 Å². The van der Waals surface area contributed by atoms with Crippen LogP contribution >= 0.6 is 11.8 Å². The predicted octanol–water partition coefficient (Wildman–Crippen LogP) is 2.77. The fourth-order valence-electron chi connectivity index (χ4n) is 2.71. The molecule has 0 aromatic heterocycles. The molecule has 29 heavy (non-hydrogen) atoms. The van der Waals surface area contributed by atoms with Gasteiger partial charge in [0.2, 0.25) is 5.91 Å². The second-order valence-electron chi connectivity index (χ2n) is 6.04. The van der Waals surface area contributed by atoms with Gasteiger partial charge in [-0.1, -0.05) is 36.0 Å². The fraction of sp³-hybridized carbons (Fsp3) is 0.200. The first-order chi connectivity index (χ1) is 14.0. The zero-order valence-corrected chi connectivity index (χ0v) is 16.6. The first kappa shape index (κ1) is 20.4. The molecule has 9 heteroatoms. The summed E-state index contributed by atoms with van der Waals surface area (Å²) in [6.45, 7) is 0. The van der Waals surface area contributed by atoms with Gasteiger partial charge in [0, 0.05) is 0 Å². The fourth-order valence-corrected chi connectivity index (χ4v) is 3.62. The average Bonchev–Trinajstić information content (AvgIpc) is 3.06. The lowest BCUT2D eigenvalue weighted by atomic mass is 10.0. The molecule has 1 aliphatic heterocycles. The number of carbonyl (C=O) groups excluding carboxylic acids is 1. The largest absolute Gasteiger partial charge is 0.493 e. The molecular formula is C20H19N3O5S. The van der Waals surface area contributed by atoms with Gasteiger partial charge in [0.1, 0.15) is 5.25 Å². The number of thioether (sulfide) groups is 1. The lowest BCUT2D eigenvalue weighted by Gasteiger charge is -2.10. The van der Waals surface area contributed by atoms with Gasteiger partial charge in [0.05, 0.1) is 26.9 Å². The van der Waals surface area contributed by atoms with Gasteiger partial charge in [-0.25, -0.2) is 0 Å². The van der Waals surface area contributed by atoms with E-state index in [1.54, 1.807) is 20.4 Å². The van der Waals surface area contributed by atoms with Crippen molar-refractivity contribution in [3.8, 4) is 22.6 Å². The molecule has 1 fully saturated rings. The van der Waals surface area contributed by atoms with Gasteiger partial charge in [0.15, 0.2) is 16.7 Å². The second kappa shape index (κ2) is 9.24. The first-order valence-electron chi connectivity index (χ1n) is 8.63. The maximum atomic E-state index is 11.7. The Bertz CT molecular complexity index is 990. The number of amides is 1. The van der Waals surface area contributed by atoms with Crippen LogP contribution in [0.25, 0.3) is 11.1 Å². The van der Waals surface area contributed by atoms with E-state index in [1.165, 1.54) is 0 Å². The SMILES string of the molecule is COc1ccc(-c2cccc(C=NN=C3NC(=O)C(CC(=O)O)S3)c2)cc1OC.